The number of benzene rings is 4. The number of nitrogens with zero attached hydrogens (tertiary/aromatic N) is 5. The maximum atomic E-state index is 13.1. The van der Waals surface area contributed by atoms with Gasteiger partial charge in [-0.1, -0.05) is 48.2 Å². The van der Waals surface area contributed by atoms with Gasteiger partial charge in [0, 0.05) is 44.9 Å². The van der Waals surface area contributed by atoms with E-state index in [-0.39, 0.29) is 33.1 Å². The molecule has 1 amide bonds. The first-order valence-corrected chi connectivity index (χ1v) is 12.0. The number of carbonyl (C=O) groups is 1. The zero-order valence-electron chi connectivity index (χ0n) is 22.2. The van der Waals surface area contributed by atoms with Gasteiger partial charge in [0.05, 0.1) is 22.8 Å². The number of rotatable bonds is 8. The topological polar surface area (TPSA) is 161 Å². The quantitative estimate of drug-likeness (QED) is 0.191. The molecule has 4 aromatic rings. The molecule has 12 heteroatoms. The van der Waals surface area contributed by atoms with Crippen LogP contribution in [0.3, 0.4) is 0 Å². The van der Waals surface area contributed by atoms with Crippen LogP contribution in [0.4, 0.5) is 22.7 Å². The van der Waals surface area contributed by atoms with E-state index < -0.39 is 11.7 Å². The van der Waals surface area contributed by atoms with Crippen molar-refractivity contribution in [2.45, 2.75) is 0 Å². The van der Waals surface area contributed by atoms with E-state index in [0.29, 0.717) is 33.3 Å². The molecule has 0 aliphatic carbocycles. The molecule has 0 radical (unpaired) electrons. The van der Waals surface area contributed by atoms with E-state index in [1.54, 1.807) is 86.5 Å². The molecule has 4 N–H and O–H groups in total. The van der Waals surface area contributed by atoms with Crippen LogP contribution in [0.1, 0.15) is 21.5 Å². The number of hydrogen-bond acceptors (Lipinski definition) is 11. The van der Waals surface area contributed by atoms with Crippen LogP contribution in [0, 0.1) is 5.21 Å². The summed E-state index contributed by atoms with van der Waals surface area (Å²) in [5, 5.41) is 59.4. The van der Waals surface area contributed by atoms with Crippen molar-refractivity contribution in [2.24, 2.45) is 5.10 Å². The molecule has 4 rings (SSSR count). The van der Waals surface area contributed by atoms with Crippen LogP contribution in [0.25, 0.3) is 10.8 Å². The highest BCUT2D eigenvalue weighted by Gasteiger charge is 2.18. The van der Waals surface area contributed by atoms with Crippen LogP contribution in [0.2, 0.25) is 0 Å². The van der Waals surface area contributed by atoms with Crippen molar-refractivity contribution in [3.8, 4) is 5.75 Å². The summed E-state index contributed by atoms with van der Waals surface area (Å²) in [6.45, 7) is 0. The van der Waals surface area contributed by atoms with E-state index in [0.717, 1.165) is 0 Å². The third-order valence-corrected chi connectivity index (χ3v) is 6.24. The molecule has 0 atom stereocenters. The van der Waals surface area contributed by atoms with Crippen molar-refractivity contribution >= 4 is 45.1 Å². The van der Waals surface area contributed by atoms with Crippen molar-refractivity contribution < 1.29 is 25.5 Å². The smallest absolute Gasteiger partial charge is 0.270 e. The molecule has 4 aromatic carbocycles. The molecule has 0 aliphatic rings. The summed E-state index contributed by atoms with van der Waals surface area (Å²) in [7, 11) is 6.84. The molecule has 40 heavy (non-hydrogen) atoms. The molecule has 0 saturated heterocycles. The fourth-order valence-electron chi connectivity index (χ4n) is 4.27. The van der Waals surface area contributed by atoms with E-state index >= 15 is 0 Å². The fraction of sp³-hybridized carbons (Fsp3) is 0.143. The Morgan fingerprint density at radius 2 is 1.27 bits per heavy atom. The highest BCUT2D eigenvalue weighted by atomic mass is 16.8. The zero-order valence-corrected chi connectivity index (χ0v) is 22.2. The lowest BCUT2D eigenvalue weighted by Crippen LogP contribution is -2.23. The van der Waals surface area contributed by atoms with Crippen LogP contribution in [0.5, 0.6) is 5.75 Å². The fourth-order valence-corrected chi connectivity index (χ4v) is 4.27. The average Bonchev–Trinajstić information content (AvgIpc) is 2.92. The minimum atomic E-state index is -0.762. The Balaban J connectivity index is 1.84. The van der Waals surface area contributed by atoms with Crippen LogP contribution in [0.15, 0.2) is 77.9 Å². The molecular weight excluding hydrogens is 516 g/mol. The predicted molar refractivity (Wildman–Crippen MR) is 152 cm³/mol. The third-order valence-electron chi connectivity index (χ3n) is 6.24. The molecular formula is C28H28N6O6-2. The second kappa shape index (κ2) is 11.5. The number of hydrazone groups is 1. The van der Waals surface area contributed by atoms with Crippen molar-refractivity contribution in [2.75, 3.05) is 48.4 Å². The van der Waals surface area contributed by atoms with E-state index in [9.17, 15) is 30.7 Å². The molecule has 0 saturated carbocycles. The summed E-state index contributed by atoms with van der Waals surface area (Å²) in [6, 6.07) is 19.2. The molecule has 0 fully saturated rings. The first-order valence-electron chi connectivity index (χ1n) is 12.0. The van der Waals surface area contributed by atoms with E-state index in [1.807, 2.05) is 0 Å². The number of hydrogen-bond donors (Lipinski definition) is 4. The Hall–Kier alpha value is -4.88. The normalized spacial score (nSPS) is 11.3. The number of fused-ring (bicyclic) bond motifs is 1. The van der Waals surface area contributed by atoms with Crippen LogP contribution >= 0.6 is 0 Å². The molecule has 0 aliphatic heterocycles. The monoisotopic (exact) mass is 544 g/mol. The Bertz CT molecular complexity index is 1520. The Labute approximate surface area is 230 Å². The zero-order chi connectivity index (χ0) is 29.1. The van der Waals surface area contributed by atoms with E-state index in [4.69, 9.17) is 0 Å². The highest BCUT2D eigenvalue weighted by Crippen LogP contribution is 2.32. The maximum absolute atomic E-state index is 13.1. The first kappa shape index (κ1) is 28.1. The van der Waals surface area contributed by atoms with Gasteiger partial charge in [0.15, 0.2) is 0 Å². The number of anilines is 4. The molecule has 12 nitrogen and oxygen atoms in total. The van der Waals surface area contributed by atoms with Gasteiger partial charge in [0.25, 0.3) is 5.91 Å². The maximum Gasteiger partial charge on any atom is 0.270 e. The number of amides is 1. The second-order valence-corrected chi connectivity index (χ2v) is 9.36. The number of nitrogens with one attached hydrogen (secondary N) is 1. The molecule has 208 valence electrons. The van der Waals surface area contributed by atoms with E-state index in [2.05, 4.69) is 10.5 Å². The van der Waals surface area contributed by atoms with Gasteiger partial charge in [-0.15, -0.1) is 5.23 Å². The van der Waals surface area contributed by atoms with Crippen LogP contribution < -0.4 is 30.8 Å². The lowest BCUT2D eigenvalue weighted by atomic mass is 10.00. The predicted octanol–water partition coefficient (Wildman–Crippen LogP) is 3.51. The van der Waals surface area contributed by atoms with Gasteiger partial charge >= 0.3 is 0 Å². The molecule has 0 aromatic heterocycles. The molecule has 0 bridgehead atoms. The summed E-state index contributed by atoms with van der Waals surface area (Å²) >= 11 is 0. The summed E-state index contributed by atoms with van der Waals surface area (Å²) in [5.41, 5.74) is 3.84. The second-order valence-electron chi connectivity index (χ2n) is 9.36. The van der Waals surface area contributed by atoms with Crippen molar-refractivity contribution in [1.82, 2.24) is 5.43 Å². The van der Waals surface area contributed by atoms with Gasteiger partial charge in [0.1, 0.15) is 5.69 Å². The van der Waals surface area contributed by atoms with E-state index in [1.165, 1.54) is 24.3 Å². The lowest BCUT2D eigenvalue weighted by molar-refractivity contribution is -0.268. The summed E-state index contributed by atoms with van der Waals surface area (Å²) in [5.74, 6) is -1.25. The number of carbonyl (C=O) groups excluding carboxylic acids is 1. The molecule has 0 heterocycles. The standard InChI is InChI=1S/C28H29N6O6/c1-31(2)22-11-9-19(14-24(22)33(37)38)27(20-10-12-23(32(3)4)25(15-20)34(39)40)29-30-28(36)21-13-17-7-5-6-8-18(17)16-26(21)35/h5-16,35,37-39H,1-4H3,(H,30,36)/q-1/p-1. The first-order chi connectivity index (χ1) is 19.0. The van der Waals surface area contributed by atoms with Gasteiger partial charge in [-0.2, -0.15) is 5.10 Å². The molecule has 0 unspecified atom stereocenters. The summed E-state index contributed by atoms with van der Waals surface area (Å²) in [6.07, 6.45) is 0. The minimum Gasteiger partial charge on any atom is -0.872 e. The van der Waals surface area contributed by atoms with Gasteiger partial charge in [-0.25, -0.2) is 5.43 Å². The van der Waals surface area contributed by atoms with Crippen molar-refractivity contribution in [3.05, 3.63) is 94.7 Å². The summed E-state index contributed by atoms with van der Waals surface area (Å²) < 4.78 is 0. The van der Waals surface area contributed by atoms with Crippen molar-refractivity contribution in [3.63, 3.8) is 0 Å². The Morgan fingerprint density at radius 1 is 0.750 bits per heavy atom. The molecule has 0 spiro atoms. The Kier molecular flexibility index (Phi) is 8.07. The lowest BCUT2D eigenvalue weighted by Gasteiger charge is -2.28. The van der Waals surface area contributed by atoms with Gasteiger partial charge in [-0.3, -0.25) is 20.4 Å². The van der Waals surface area contributed by atoms with Crippen molar-refractivity contribution in [1.29, 1.82) is 0 Å². The minimum absolute atomic E-state index is 0.00986. The average molecular weight is 545 g/mol. The van der Waals surface area contributed by atoms with Gasteiger partial charge in [-0.05, 0) is 41.1 Å². The third kappa shape index (κ3) is 5.75. The van der Waals surface area contributed by atoms with Crippen LogP contribution in [-0.4, -0.2) is 55.4 Å². The summed E-state index contributed by atoms with van der Waals surface area (Å²) in [4.78, 5) is 16.4. The van der Waals surface area contributed by atoms with Gasteiger partial charge < -0.3 is 25.3 Å². The van der Waals surface area contributed by atoms with Crippen LogP contribution in [-0.2, 0) is 0 Å². The Morgan fingerprint density at radius 3 is 1.80 bits per heavy atom. The SMILES string of the molecule is CN(C)c1ccc(C(=NNC(=O)c2cc3ccccc3cc2[O-])c2ccc(N(C)C)c(N(O)O)c2)cc1N([O-])O. The van der Waals surface area contributed by atoms with Gasteiger partial charge in [0.2, 0.25) is 0 Å². The largest absolute Gasteiger partial charge is 0.872 e. The highest BCUT2D eigenvalue weighted by molar-refractivity contribution is 6.15.